The molecule has 8 heteroatoms. The molecule has 0 N–H and O–H groups in total. The first-order valence-corrected chi connectivity index (χ1v) is 5.83. The smallest absolute Gasteiger partial charge is 0.440 e. The Kier molecular flexibility index (Phi) is 3.52. The maximum Gasteiger partial charge on any atom is 0.440 e. The van der Waals surface area contributed by atoms with Crippen LogP contribution >= 0.6 is 11.3 Å². The SMILES string of the molecule is COC(=O)C(=Nc1nc2ccccc2s1)C(F)(F)F. The number of hydrogen-bond donors (Lipinski definition) is 0. The summed E-state index contributed by atoms with van der Waals surface area (Å²) >= 11 is 0.963. The van der Waals surface area contributed by atoms with Gasteiger partial charge in [0, 0.05) is 0 Å². The molecule has 19 heavy (non-hydrogen) atoms. The van der Waals surface area contributed by atoms with Crippen molar-refractivity contribution >= 4 is 38.4 Å². The van der Waals surface area contributed by atoms with Gasteiger partial charge >= 0.3 is 12.1 Å². The van der Waals surface area contributed by atoms with Gasteiger partial charge in [-0.1, -0.05) is 23.5 Å². The number of methoxy groups -OCH3 is 1. The van der Waals surface area contributed by atoms with Crippen molar-refractivity contribution in [1.82, 2.24) is 4.98 Å². The number of thiazole rings is 1. The van der Waals surface area contributed by atoms with Gasteiger partial charge in [-0.25, -0.2) is 14.8 Å². The minimum Gasteiger partial charge on any atom is -0.464 e. The molecule has 0 radical (unpaired) electrons. The lowest BCUT2D eigenvalue weighted by Crippen LogP contribution is -2.31. The van der Waals surface area contributed by atoms with Crippen LogP contribution in [-0.2, 0) is 9.53 Å². The standard InChI is InChI=1S/C11H7F3N2O2S/c1-18-9(17)8(11(12,13)14)16-10-15-6-4-2-3-5-7(6)19-10/h2-5H,1H3. The number of ether oxygens (including phenoxy) is 1. The van der Waals surface area contributed by atoms with Crippen LogP contribution in [0.1, 0.15) is 0 Å². The highest BCUT2D eigenvalue weighted by Gasteiger charge is 2.42. The van der Waals surface area contributed by atoms with Gasteiger partial charge in [-0.2, -0.15) is 13.2 Å². The molecule has 1 heterocycles. The molecular formula is C11H7F3N2O2S. The van der Waals surface area contributed by atoms with Crippen molar-refractivity contribution in [3.05, 3.63) is 24.3 Å². The number of halogens is 3. The molecule has 0 amide bonds. The predicted molar refractivity (Wildman–Crippen MR) is 64.8 cm³/mol. The molecule has 0 aliphatic rings. The first kappa shape index (κ1) is 13.5. The lowest BCUT2D eigenvalue weighted by atomic mass is 10.3. The molecule has 1 aromatic heterocycles. The summed E-state index contributed by atoms with van der Waals surface area (Å²) in [6.45, 7) is 0. The summed E-state index contributed by atoms with van der Waals surface area (Å²) in [5.74, 6) is -1.54. The van der Waals surface area contributed by atoms with Crippen molar-refractivity contribution in [2.24, 2.45) is 4.99 Å². The lowest BCUT2D eigenvalue weighted by Gasteiger charge is -2.06. The van der Waals surface area contributed by atoms with Gasteiger partial charge in [0.15, 0.2) is 0 Å². The van der Waals surface area contributed by atoms with Gasteiger partial charge in [-0.3, -0.25) is 0 Å². The quantitative estimate of drug-likeness (QED) is 0.630. The molecule has 2 aromatic rings. The summed E-state index contributed by atoms with van der Waals surface area (Å²) < 4.78 is 42.7. The zero-order valence-electron chi connectivity index (χ0n) is 9.56. The van der Waals surface area contributed by atoms with Crippen LogP contribution in [0.2, 0.25) is 0 Å². The van der Waals surface area contributed by atoms with E-state index in [0.717, 1.165) is 18.4 Å². The van der Waals surface area contributed by atoms with E-state index < -0.39 is 17.9 Å². The number of alkyl halides is 3. The van der Waals surface area contributed by atoms with E-state index in [4.69, 9.17) is 0 Å². The Hall–Kier alpha value is -1.96. The first-order chi connectivity index (χ1) is 8.91. The van der Waals surface area contributed by atoms with Gasteiger partial charge < -0.3 is 4.74 Å². The third kappa shape index (κ3) is 2.90. The van der Waals surface area contributed by atoms with Gasteiger partial charge in [0.2, 0.25) is 10.8 Å². The lowest BCUT2D eigenvalue weighted by molar-refractivity contribution is -0.137. The van der Waals surface area contributed by atoms with Crippen LogP contribution in [0.3, 0.4) is 0 Å². The van der Waals surface area contributed by atoms with Crippen molar-refractivity contribution in [2.75, 3.05) is 7.11 Å². The van der Waals surface area contributed by atoms with Crippen molar-refractivity contribution in [3.8, 4) is 0 Å². The number of rotatable bonds is 2. The number of esters is 1. The molecule has 0 aliphatic carbocycles. The number of fused-ring (bicyclic) bond motifs is 1. The fraction of sp³-hybridized carbons (Fsp3) is 0.182. The van der Waals surface area contributed by atoms with Gasteiger partial charge in [0.25, 0.3) is 0 Å². The van der Waals surface area contributed by atoms with E-state index in [1.807, 2.05) is 0 Å². The van der Waals surface area contributed by atoms with Crippen LogP contribution < -0.4 is 0 Å². The van der Waals surface area contributed by atoms with Crippen LogP contribution in [0, 0.1) is 0 Å². The van der Waals surface area contributed by atoms with Gasteiger partial charge in [0.05, 0.1) is 17.3 Å². The Morgan fingerprint density at radius 3 is 2.63 bits per heavy atom. The second kappa shape index (κ2) is 4.96. The van der Waals surface area contributed by atoms with Crippen LogP contribution in [0.15, 0.2) is 29.3 Å². The molecule has 0 fully saturated rings. The van der Waals surface area contributed by atoms with E-state index in [1.54, 1.807) is 24.3 Å². The van der Waals surface area contributed by atoms with E-state index in [0.29, 0.717) is 10.2 Å². The van der Waals surface area contributed by atoms with Gasteiger partial charge in [-0.15, -0.1) is 0 Å². The number of aromatic nitrogens is 1. The van der Waals surface area contributed by atoms with Crippen LogP contribution in [0.5, 0.6) is 0 Å². The normalized spacial score (nSPS) is 12.7. The molecule has 0 aliphatic heterocycles. The molecule has 2 rings (SSSR count). The second-order valence-electron chi connectivity index (χ2n) is 3.41. The molecule has 0 bridgehead atoms. The first-order valence-electron chi connectivity index (χ1n) is 5.01. The summed E-state index contributed by atoms with van der Waals surface area (Å²) in [5, 5.41) is -0.140. The zero-order valence-corrected chi connectivity index (χ0v) is 10.4. The highest BCUT2D eigenvalue weighted by Crippen LogP contribution is 2.30. The fourth-order valence-corrected chi connectivity index (χ4v) is 2.17. The molecule has 0 atom stereocenters. The van der Waals surface area contributed by atoms with E-state index in [2.05, 4.69) is 14.7 Å². The molecular weight excluding hydrogens is 281 g/mol. The number of aliphatic imine (C=N–C) groups is 1. The summed E-state index contributed by atoms with van der Waals surface area (Å²) in [6, 6.07) is 6.80. The minimum absolute atomic E-state index is 0.140. The molecule has 0 saturated carbocycles. The molecule has 1 aromatic carbocycles. The second-order valence-corrected chi connectivity index (χ2v) is 4.42. The monoisotopic (exact) mass is 288 g/mol. The average molecular weight is 288 g/mol. The Balaban J connectivity index is 2.49. The van der Waals surface area contributed by atoms with Gasteiger partial charge in [0.1, 0.15) is 0 Å². The average Bonchev–Trinajstić information content (AvgIpc) is 2.76. The minimum atomic E-state index is -4.88. The number of hydrogen-bond acceptors (Lipinski definition) is 5. The highest BCUT2D eigenvalue weighted by atomic mass is 32.1. The molecule has 0 unspecified atom stereocenters. The Labute approximate surface area is 109 Å². The summed E-state index contributed by atoms with van der Waals surface area (Å²) in [5.41, 5.74) is -1.09. The highest BCUT2D eigenvalue weighted by molar-refractivity contribution is 7.22. The third-order valence-electron chi connectivity index (χ3n) is 2.14. The van der Waals surface area contributed by atoms with Gasteiger partial charge in [-0.05, 0) is 12.1 Å². The largest absolute Gasteiger partial charge is 0.464 e. The van der Waals surface area contributed by atoms with E-state index in [1.165, 1.54) is 0 Å². The number of benzene rings is 1. The molecule has 100 valence electrons. The van der Waals surface area contributed by atoms with Crippen molar-refractivity contribution in [2.45, 2.75) is 6.18 Å². The zero-order chi connectivity index (χ0) is 14.0. The molecule has 0 saturated heterocycles. The maximum absolute atomic E-state index is 12.6. The molecule has 0 spiro atoms. The van der Waals surface area contributed by atoms with E-state index >= 15 is 0 Å². The number of nitrogens with zero attached hydrogens (tertiary/aromatic N) is 2. The van der Waals surface area contributed by atoms with E-state index in [9.17, 15) is 18.0 Å². The summed E-state index contributed by atoms with van der Waals surface area (Å²) in [6.07, 6.45) is -4.88. The Bertz CT molecular complexity index is 616. The van der Waals surface area contributed by atoms with E-state index in [-0.39, 0.29) is 5.13 Å². The Morgan fingerprint density at radius 2 is 2.05 bits per heavy atom. The van der Waals surface area contributed by atoms with Crippen molar-refractivity contribution in [3.63, 3.8) is 0 Å². The van der Waals surface area contributed by atoms with Crippen molar-refractivity contribution in [1.29, 1.82) is 0 Å². The summed E-state index contributed by atoms with van der Waals surface area (Å²) in [7, 11) is 0.863. The van der Waals surface area contributed by atoms with Crippen molar-refractivity contribution < 1.29 is 22.7 Å². The number of para-hydroxylation sites is 1. The Morgan fingerprint density at radius 1 is 1.37 bits per heavy atom. The maximum atomic E-state index is 12.6. The summed E-state index contributed by atoms with van der Waals surface area (Å²) in [4.78, 5) is 18.3. The number of carbonyl (C=O) groups is 1. The fourth-order valence-electron chi connectivity index (χ4n) is 1.32. The van der Waals surface area contributed by atoms with Crippen LogP contribution in [-0.4, -0.2) is 30.0 Å². The number of carbonyl (C=O) groups excluding carboxylic acids is 1. The molecule has 4 nitrogen and oxygen atoms in total. The van der Waals surface area contributed by atoms with Crippen LogP contribution in [0.25, 0.3) is 10.2 Å². The third-order valence-corrected chi connectivity index (χ3v) is 3.07. The predicted octanol–water partition coefficient (Wildman–Crippen LogP) is 3.10. The topological polar surface area (TPSA) is 51.5 Å². The van der Waals surface area contributed by atoms with Crippen LogP contribution in [0.4, 0.5) is 18.3 Å².